The number of anilines is 1. The van der Waals surface area contributed by atoms with Crippen molar-refractivity contribution in [2.45, 2.75) is 6.42 Å². The van der Waals surface area contributed by atoms with Crippen LogP contribution < -0.4 is 5.32 Å². The lowest BCUT2D eigenvalue weighted by Gasteiger charge is -2.08. The molecule has 0 aliphatic carbocycles. The Balaban J connectivity index is 1.59. The lowest BCUT2D eigenvalue weighted by Crippen LogP contribution is -2.08. The van der Waals surface area contributed by atoms with Gasteiger partial charge in [-0.05, 0) is 30.2 Å². The number of imidazole rings is 1. The van der Waals surface area contributed by atoms with Crippen molar-refractivity contribution in [1.82, 2.24) is 19.4 Å². The second kappa shape index (κ2) is 5.92. The molecule has 0 aliphatic rings. The van der Waals surface area contributed by atoms with Crippen molar-refractivity contribution in [2.75, 3.05) is 11.9 Å². The van der Waals surface area contributed by atoms with Crippen LogP contribution in [0.15, 0.2) is 65.9 Å². The summed E-state index contributed by atoms with van der Waals surface area (Å²) in [6, 6.07) is 7.75. The average Bonchev–Trinajstić information content (AvgIpc) is 3.27. The predicted octanol–water partition coefficient (Wildman–Crippen LogP) is 3.04. The summed E-state index contributed by atoms with van der Waals surface area (Å²) in [5, 5.41) is 3.36. The SMILES string of the molecule is c1cncc(CCNc2nc(-c3ccco3)cn3ccnc23)c1. The van der Waals surface area contributed by atoms with Gasteiger partial charge < -0.3 is 14.1 Å². The molecule has 0 aromatic carbocycles. The van der Waals surface area contributed by atoms with Gasteiger partial charge in [0.15, 0.2) is 17.2 Å². The van der Waals surface area contributed by atoms with Crippen LogP contribution in [0.2, 0.25) is 0 Å². The third-order valence-electron chi connectivity index (χ3n) is 3.58. The Morgan fingerprint density at radius 3 is 3.00 bits per heavy atom. The molecule has 114 valence electrons. The van der Waals surface area contributed by atoms with Crippen LogP contribution in [0.3, 0.4) is 0 Å². The van der Waals surface area contributed by atoms with Gasteiger partial charge in [-0.15, -0.1) is 0 Å². The number of fused-ring (bicyclic) bond motifs is 1. The van der Waals surface area contributed by atoms with E-state index >= 15 is 0 Å². The van der Waals surface area contributed by atoms with Gasteiger partial charge in [-0.2, -0.15) is 0 Å². The molecule has 0 bridgehead atoms. The van der Waals surface area contributed by atoms with Crippen molar-refractivity contribution >= 4 is 11.5 Å². The number of hydrogen-bond donors (Lipinski definition) is 1. The van der Waals surface area contributed by atoms with E-state index in [9.17, 15) is 0 Å². The summed E-state index contributed by atoms with van der Waals surface area (Å²) in [6.45, 7) is 0.753. The molecule has 6 heteroatoms. The highest BCUT2D eigenvalue weighted by atomic mass is 16.3. The normalized spacial score (nSPS) is 11.0. The third-order valence-corrected chi connectivity index (χ3v) is 3.58. The number of nitrogens with zero attached hydrogens (tertiary/aromatic N) is 4. The van der Waals surface area contributed by atoms with Gasteiger partial charge in [0.1, 0.15) is 5.69 Å². The van der Waals surface area contributed by atoms with Gasteiger partial charge >= 0.3 is 0 Å². The fourth-order valence-corrected chi connectivity index (χ4v) is 2.46. The minimum atomic E-state index is 0.732. The molecule has 4 aromatic heterocycles. The molecule has 4 heterocycles. The van der Waals surface area contributed by atoms with E-state index in [1.165, 1.54) is 5.56 Å². The number of pyridine rings is 1. The summed E-state index contributed by atoms with van der Waals surface area (Å²) < 4.78 is 7.38. The summed E-state index contributed by atoms with van der Waals surface area (Å²) in [4.78, 5) is 13.1. The van der Waals surface area contributed by atoms with Gasteiger partial charge in [0.25, 0.3) is 0 Å². The first kappa shape index (κ1) is 13.5. The van der Waals surface area contributed by atoms with Gasteiger partial charge in [0.2, 0.25) is 0 Å². The van der Waals surface area contributed by atoms with Gasteiger partial charge in [0.05, 0.1) is 6.26 Å². The van der Waals surface area contributed by atoms with Crippen molar-refractivity contribution in [3.63, 3.8) is 0 Å². The Morgan fingerprint density at radius 1 is 1.17 bits per heavy atom. The maximum atomic E-state index is 5.44. The maximum Gasteiger partial charge on any atom is 0.180 e. The highest BCUT2D eigenvalue weighted by Crippen LogP contribution is 2.22. The number of hydrogen-bond acceptors (Lipinski definition) is 5. The molecule has 23 heavy (non-hydrogen) atoms. The van der Waals surface area contributed by atoms with E-state index in [0.717, 1.165) is 35.9 Å². The first-order valence-electron chi connectivity index (χ1n) is 7.40. The van der Waals surface area contributed by atoms with Crippen LogP contribution in [-0.2, 0) is 6.42 Å². The lowest BCUT2D eigenvalue weighted by atomic mass is 10.2. The van der Waals surface area contributed by atoms with Crippen LogP contribution in [0.25, 0.3) is 17.1 Å². The van der Waals surface area contributed by atoms with Crippen molar-refractivity contribution in [2.24, 2.45) is 0 Å². The topological polar surface area (TPSA) is 68.2 Å². The van der Waals surface area contributed by atoms with Crippen LogP contribution in [0.4, 0.5) is 5.82 Å². The number of rotatable bonds is 5. The molecular weight excluding hydrogens is 290 g/mol. The van der Waals surface area contributed by atoms with E-state index in [2.05, 4.69) is 26.3 Å². The monoisotopic (exact) mass is 305 g/mol. The fourth-order valence-electron chi connectivity index (χ4n) is 2.46. The zero-order chi connectivity index (χ0) is 15.5. The molecule has 0 amide bonds. The van der Waals surface area contributed by atoms with Crippen molar-refractivity contribution in [3.05, 3.63) is 67.1 Å². The number of aromatic nitrogens is 4. The second-order valence-corrected chi connectivity index (χ2v) is 5.15. The van der Waals surface area contributed by atoms with Gasteiger partial charge in [0, 0.05) is 37.5 Å². The smallest absolute Gasteiger partial charge is 0.180 e. The molecule has 4 aromatic rings. The molecule has 4 rings (SSSR count). The fraction of sp³-hybridized carbons (Fsp3) is 0.118. The second-order valence-electron chi connectivity index (χ2n) is 5.15. The van der Waals surface area contributed by atoms with E-state index in [1.54, 1.807) is 18.7 Å². The first-order valence-corrected chi connectivity index (χ1v) is 7.40. The molecule has 0 aliphatic heterocycles. The standard InChI is InChI=1S/C17H15N5O/c1-3-13(11-18-6-1)5-7-19-16-17-20-8-9-22(17)12-14(21-16)15-4-2-10-23-15/h1-4,6,8-12H,5,7H2,(H,19,21). The van der Waals surface area contributed by atoms with Gasteiger partial charge in [-0.25, -0.2) is 9.97 Å². The molecule has 0 saturated heterocycles. The van der Waals surface area contributed by atoms with E-state index in [-0.39, 0.29) is 0 Å². The van der Waals surface area contributed by atoms with Crippen LogP contribution in [0, 0.1) is 0 Å². The summed E-state index contributed by atoms with van der Waals surface area (Å²) in [6.07, 6.45) is 11.7. The summed E-state index contributed by atoms with van der Waals surface area (Å²) >= 11 is 0. The van der Waals surface area contributed by atoms with Crippen LogP contribution in [0.5, 0.6) is 0 Å². The van der Waals surface area contributed by atoms with E-state index in [1.807, 2.05) is 41.2 Å². The number of nitrogens with one attached hydrogen (secondary N) is 1. The number of furan rings is 1. The zero-order valence-corrected chi connectivity index (χ0v) is 12.4. The first-order chi connectivity index (χ1) is 11.4. The van der Waals surface area contributed by atoms with E-state index in [4.69, 9.17) is 4.42 Å². The van der Waals surface area contributed by atoms with Crippen molar-refractivity contribution in [1.29, 1.82) is 0 Å². The van der Waals surface area contributed by atoms with Crippen molar-refractivity contribution in [3.8, 4) is 11.5 Å². The third kappa shape index (κ3) is 2.78. The van der Waals surface area contributed by atoms with Crippen LogP contribution >= 0.6 is 0 Å². The largest absolute Gasteiger partial charge is 0.463 e. The minimum absolute atomic E-state index is 0.732. The highest BCUT2D eigenvalue weighted by molar-refractivity contribution is 5.67. The Bertz CT molecular complexity index is 899. The quantitative estimate of drug-likeness (QED) is 0.614. The molecule has 6 nitrogen and oxygen atoms in total. The highest BCUT2D eigenvalue weighted by Gasteiger charge is 2.10. The molecule has 1 N–H and O–H groups in total. The van der Waals surface area contributed by atoms with Gasteiger partial charge in [-0.1, -0.05) is 6.07 Å². The Kier molecular flexibility index (Phi) is 3.48. The Hall–Kier alpha value is -3.15. The molecule has 0 radical (unpaired) electrons. The minimum Gasteiger partial charge on any atom is -0.463 e. The molecule has 0 saturated carbocycles. The van der Waals surface area contributed by atoms with Crippen molar-refractivity contribution < 1.29 is 4.42 Å². The predicted molar refractivity (Wildman–Crippen MR) is 87.1 cm³/mol. The molecule has 0 unspecified atom stereocenters. The van der Waals surface area contributed by atoms with E-state index in [0.29, 0.717) is 0 Å². The zero-order valence-electron chi connectivity index (χ0n) is 12.4. The molecular formula is C17H15N5O. The summed E-state index contributed by atoms with van der Waals surface area (Å²) in [5.74, 6) is 1.48. The average molecular weight is 305 g/mol. The summed E-state index contributed by atoms with van der Waals surface area (Å²) in [5.41, 5.74) is 2.75. The lowest BCUT2D eigenvalue weighted by molar-refractivity contribution is 0.579. The Morgan fingerprint density at radius 2 is 2.17 bits per heavy atom. The van der Waals surface area contributed by atoms with E-state index < -0.39 is 0 Å². The Labute approximate surface area is 132 Å². The molecule has 0 fully saturated rings. The maximum absolute atomic E-state index is 5.44. The molecule has 0 spiro atoms. The van der Waals surface area contributed by atoms with Gasteiger partial charge in [-0.3, -0.25) is 4.98 Å². The molecule has 0 atom stereocenters. The summed E-state index contributed by atoms with van der Waals surface area (Å²) in [7, 11) is 0. The van der Waals surface area contributed by atoms with Crippen LogP contribution in [-0.4, -0.2) is 25.9 Å². The van der Waals surface area contributed by atoms with Crippen LogP contribution in [0.1, 0.15) is 5.56 Å².